The van der Waals surface area contributed by atoms with Crippen LogP contribution in [-0.2, 0) is 11.2 Å². The van der Waals surface area contributed by atoms with Crippen molar-refractivity contribution >= 4 is 23.4 Å². The van der Waals surface area contributed by atoms with E-state index in [1.165, 1.54) is 0 Å². The minimum atomic E-state index is -0.309. The summed E-state index contributed by atoms with van der Waals surface area (Å²) in [6.45, 7) is 0.944. The van der Waals surface area contributed by atoms with Crippen LogP contribution in [0.3, 0.4) is 0 Å². The van der Waals surface area contributed by atoms with Crippen LogP contribution in [0.5, 0.6) is 11.5 Å². The lowest BCUT2D eigenvalue weighted by molar-refractivity contribution is -0.123. The van der Waals surface area contributed by atoms with E-state index in [9.17, 15) is 9.59 Å². The summed E-state index contributed by atoms with van der Waals surface area (Å²) in [5.41, 5.74) is 10.3. The predicted molar refractivity (Wildman–Crippen MR) is 128 cm³/mol. The summed E-state index contributed by atoms with van der Waals surface area (Å²) in [5.74, 6) is 0.593. The summed E-state index contributed by atoms with van der Waals surface area (Å²) >= 11 is 6.27. The van der Waals surface area contributed by atoms with E-state index in [-0.39, 0.29) is 17.7 Å². The Morgan fingerprint density at radius 3 is 2.44 bits per heavy atom. The van der Waals surface area contributed by atoms with E-state index in [0.29, 0.717) is 54.6 Å². The van der Waals surface area contributed by atoms with Crippen molar-refractivity contribution in [2.24, 2.45) is 11.7 Å². The first-order valence-corrected chi connectivity index (χ1v) is 11.5. The van der Waals surface area contributed by atoms with Crippen molar-refractivity contribution in [2.75, 3.05) is 27.3 Å². The van der Waals surface area contributed by atoms with Gasteiger partial charge in [0, 0.05) is 41.6 Å². The number of amides is 2. The fraction of sp³-hybridized carbons (Fsp3) is 0.320. The highest BCUT2D eigenvalue weighted by atomic mass is 35.5. The largest absolute Gasteiger partial charge is 0.493 e. The molecule has 0 spiro atoms. The average Bonchev–Trinajstić information content (AvgIpc) is 3.39. The highest BCUT2D eigenvalue weighted by molar-refractivity contribution is 6.30. The maximum absolute atomic E-state index is 13.6. The van der Waals surface area contributed by atoms with E-state index in [1.807, 2.05) is 30.3 Å². The molecular weight excluding hydrogens is 456 g/mol. The quantitative estimate of drug-likeness (QED) is 0.471. The molecule has 5 rings (SSSR count). The SMILES string of the molecule is COc1cc2c(cc1OC)-c1c(c(C(=O)N3CCC(C(N)=O)CC3)nn1-c1cccc(Cl)c1)C2. The zero-order valence-corrected chi connectivity index (χ0v) is 19.8. The summed E-state index contributed by atoms with van der Waals surface area (Å²) in [5, 5.41) is 5.35. The van der Waals surface area contributed by atoms with Gasteiger partial charge in [-0.25, -0.2) is 4.68 Å². The van der Waals surface area contributed by atoms with Gasteiger partial charge in [0.05, 0.1) is 25.6 Å². The topological polar surface area (TPSA) is 99.7 Å². The van der Waals surface area contributed by atoms with Gasteiger partial charge in [0.1, 0.15) is 0 Å². The van der Waals surface area contributed by atoms with E-state index >= 15 is 0 Å². The van der Waals surface area contributed by atoms with Crippen molar-refractivity contribution in [1.82, 2.24) is 14.7 Å². The van der Waals surface area contributed by atoms with Crippen LogP contribution in [0.1, 0.15) is 34.5 Å². The van der Waals surface area contributed by atoms with Crippen molar-refractivity contribution in [3.05, 3.63) is 58.2 Å². The molecule has 2 N–H and O–H groups in total. The number of hydrogen-bond acceptors (Lipinski definition) is 5. The molecule has 0 unspecified atom stereocenters. The first kappa shape index (κ1) is 22.3. The molecule has 0 saturated carbocycles. The van der Waals surface area contributed by atoms with E-state index in [0.717, 1.165) is 28.1 Å². The molecule has 1 fully saturated rings. The van der Waals surface area contributed by atoms with Crippen molar-refractivity contribution in [1.29, 1.82) is 0 Å². The second-order valence-electron chi connectivity index (χ2n) is 8.58. The number of fused-ring (bicyclic) bond motifs is 3. The van der Waals surface area contributed by atoms with Crippen LogP contribution < -0.4 is 15.2 Å². The molecule has 34 heavy (non-hydrogen) atoms. The normalized spacial score (nSPS) is 15.1. The monoisotopic (exact) mass is 480 g/mol. The molecule has 1 aliphatic carbocycles. The van der Waals surface area contributed by atoms with E-state index in [1.54, 1.807) is 29.9 Å². The molecule has 2 aromatic carbocycles. The lowest BCUT2D eigenvalue weighted by Crippen LogP contribution is -2.42. The molecule has 1 aromatic heterocycles. The number of rotatable bonds is 5. The van der Waals surface area contributed by atoms with Gasteiger partial charge in [-0.2, -0.15) is 5.10 Å². The number of ether oxygens (including phenoxy) is 2. The summed E-state index contributed by atoms with van der Waals surface area (Å²) < 4.78 is 12.8. The predicted octanol–water partition coefficient (Wildman–Crippen LogP) is 3.45. The Morgan fingerprint density at radius 1 is 1.09 bits per heavy atom. The average molecular weight is 481 g/mol. The van der Waals surface area contributed by atoms with Gasteiger partial charge >= 0.3 is 0 Å². The number of primary amides is 1. The number of methoxy groups -OCH3 is 2. The molecule has 0 atom stereocenters. The summed E-state index contributed by atoms with van der Waals surface area (Å²) in [6, 6.07) is 11.3. The number of piperidine rings is 1. The number of aromatic nitrogens is 2. The van der Waals surface area contributed by atoms with E-state index in [2.05, 4.69) is 0 Å². The van der Waals surface area contributed by atoms with Gasteiger partial charge in [-0.05, 0) is 48.7 Å². The van der Waals surface area contributed by atoms with Crippen LogP contribution in [0.25, 0.3) is 16.9 Å². The molecule has 2 amide bonds. The van der Waals surface area contributed by atoms with Crippen molar-refractivity contribution in [3.8, 4) is 28.4 Å². The molecule has 2 heterocycles. The van der Waals surface area contributed by atoms with Gasteiger partial charge in [0.2, 0.25) is 5.91 Å². The van der Waals surface area contributed by atoms with Crippen LogP contribution in [0, 0.1) is 5.92 Å². The first-order chi connectivity index (χ1) is 16.4. The Hall–Kier alpha value is -3.52. The first-order valence-electron chi connectivity index (χ1n) is 11.1. The Morgan fingerprint density at radius 2 is 1.79 bits per heavy atom. The van der Waals surface area contributed by atoms with Gasteiger partial charge in [-0.15, -0.1) is 0 Å². The standard InChI is InChI=1S/C25H25ClN4O4/c1-33-20-11-15-10-19-22(25(32)29-8-6-14(7-9-29)24(27)31)28-30(17-5-3-4-16(26)12-17)23(19)18(15)13-21(20)34-2/h3-5,11-14H,6-10H2,1-2H3,(H2,27,31). The van der Waals surface area contributed by atoms with Crippen molar-refractivity contribution in [3.63, 3.8) is 0 Å². The van der Waals surface area contributed by atoms with Gasteiger partial charge < -0.3 is 20.1 Å². The molecule has 1 saturated heterocycles. The maximum Gasteiger partial charge on any atom is 0.274 e. The summed E-state index contributed by atoms with van der Waals surface area (Å²) in [6.07, 6.45) is 1.67. The van der Waals surface area contributed by atoms with Crippen molar-refractivity contribution < 1.29 is 19.1 Å². The number of halogens is 1. The molecule has 3 aromatic rings. The fourth-order valence-corrected chi connectivity index (χ4v) is 5.04. The zero-order valence-electron chi connectivity index (χ0n) is 19.0. The third-order valence-electron chi connectivity index (χ3n) is 6.66. The Bertz CT molecular complexity index is 1290. The second kappa shape index (κ2) is 8.68. The molecule has 2 aliphatic rings. The number of likely N-dealkylation sites (tertiary alicyclic amines) is 1. The van der Waals surface area contributed by atoms with E-state index in [4.69, 9.17) is 31.9 Å². The molecule has 176 valence electrons. The number of carbonyl (C=O) groups is 2. The Balaban J connectivity index is 1.60. The molecule has 8 nitrogen and oxygen atoms in total. The number of benzene rings is 2. The van der Waals surface area contributed by atoms with Gasteiger partial charge in [-0.1, -0.05) is 17.7 Å². The molecular formula is C25H25ClN4O4. The Kier molecular flexibility index (Phi) is 5.69. The molecule has 0 radical (unpaired) electrons. The highest BCUT2D eigenvalue weighted by Gasteiger charge is 2.35. The lowest BCUT2D eigenvalue weighted by atomic mass is 9.96. The smallest absolute Gasteiger partial charge is 0.274 e. The third-order valence-corrected chi connectivity index (χ3v) is 6.89. The van der Waals surface area contributed by atoms with Gasteiger partial charge in [-0.3, -0.25) is 9.59 Å². The minimum absolute atomic E-state index is 0.147. The lowest BCUT2D eigenvalue weighted by Gasteiger charge is -2.30. The third kappa shape index (κ3) is 3.68. The zero-order chi connectivity index (χ0) is 24.0. The fourth-order valence-electron chi connectivity index (χ4n) is 4.86. The maximum atomic E-state index is 13.6. The molecule has 0 bridgehead atoms. The van der Waals surface area contributed by atoms with Crippen LogP contribution >= 0.6 is 11.6 Å². The van der Waals surface area contributed by atoms with Crippen molar-refractivity contribution in [2.45, 2.75) is 19.3 Å². The van der Waals surface area contributed by atoms with E-state index < -0.39 is 0 Å². The van der Waals surface area contributed by atoms with Crippen LogP contribution in [0.2, 0.25) is 5.02 Å². The van der Waals surface area contributed by atoms with Crippen LogP contribution in [0.4, 0.5) is 0 Å². The molecule has 9 heteroatoms. The summed E-state index contributed by atoms with van der Waals surface area (Å²) in [4.78, 5) is 26.9. The van der Waals surface area contributed by atoms with Gasteiger partial charge in [0.15, 0.2) is 17.2 Å². The minimum Gasteiger partial charge on any atom is -0.493 e. The molecule has 1 aliphatic heterocycles. The van der Waals surface area contributed by atoms with Crippen LogP contribution in [-0.4, -0.2) is 53.8 Å². The van der Waals surface area contributed by atoms with Gasteiger partial charge in [0.25, 0.3) is 5.91 Å². The number of carbonyl (C=O) groups excluding carboxylic acids is 2. The number of nitrogens with zero attached hydrogens (tertiary/aromatic N) is 3. The number of nitrogens with two attached hydrogens (primary N) is 1. The second-order valence-corrected chi connectivity index (χ2v) is 9.01. The Labute approximate surface area is 202 Å². The summed E-state index contributed by atoms with van der Waals surface area (Å²) in [7, 11) is 3.20. The number of hydrogen-bond donors (Lipinski definition) is 1. The van der Waals surface area contributed by atoms with Crippen LogP contribution in [0.15, 0.2) is 36.4 Å². The highest BCUT2D eigenvalue weighted by Crippen LogP contribution is 2.45.